The Labute approximate surface area is 152 Å². The van der Waals surface area contributed by atoms with Crippen molar-refractivity contribution in [3.63, 3.8) is 0 Å². The van der Waals surface area contributed by atoms with Crippen molar-refractivity contribution in [2.75, 3.05) is 25.0 Å². The average Bonchev–Trinajstić information content (AvgIpc) is 2.85. The normalized spacial score (nSPS) is 13.8. The molecule has 0 aromatic carbocycles. The number of anilines is 1. The van der Waals surface area contributed by atoms with Crippen molar-refractivity contribution < 1.29 is 4.79 Å². The Morgan fingerprint density at radius 3 is 2.85 bits per heavy atom. The van der Waals surface area contributed by atoms with Gasteiger partial charge in [0.2, 0.25) is 0 Å². The van der Waals surface area contributed by atoms with Gasteiger partial charge < -0.3 is 15.2 Å². The molecule has 0 fully saturated rings. The van der Waals surface area contributed by atoms with Crippen molar-refractivity contribution in [2.24, 2.45) is 0 Å². The van der Waals surface area contributed by atoms with Crippen LogP contribution in [-0.2, 0) is 12.8 Å². The SMILES string of the molecule is CCCCNc1ncnc2c1CCN(C(=O)c1cnc(C)[nH]c1=O)CC2. The van der Waals surface area contributed by atoms with Gasteiger partial charge in [-0.3, -0.25) is 9.59 Å². The maximum atomic E-state index is 12.7. The van der Waals surface area contributed by atoms with E-state index >= 15 is 0 Å². The number of H-pyrrole nitrogens is 1. The second-order valence-electron chi connectivity index (χ2n) is 6.43. The van der Waals surface area contributed by atoms with Crippen molar-refractivity contribution in [1.29, 1.82) is 0 Å². The number of aromatic nitrogens is 4. The standard InChI is InChI=1S/C18H24N6O2/c1-3-4-7-19-16-13-5-8-24(9-6-15(13)21-11-22-16)18(26)14-10-20-12(2)23-17(14)25/h10-11H,3-9H2,1-2H3,(H,19,21,22)(H,20,23,25). The molecule has 0 saturated carbocycles. The fourth-order valence-corrected chi connectivity index (χ4v) is 3.07. The van der Waals surface area contributed by atoms with Gasteiger partial charge in [-0.05, 0) is 19.8 Å². The lowest BCUT2D eigenvalue weighted by atomic mass is 10.1. The number of unbranched alkanes of at least 4 members (excludes halogenated alkanes) is 1. The molecule has 3 rings (SSSR count). The predicted octanol–water partition coefficient (Wildman–Crippen LogP) is 1.32. The van der Waals surface area contributed by atoms with E-state index in [2.05, 4.69) is 32.2 Å². The van der Waals surface area contributed by atoms with Gasteiger partial charge in [-0.1, -0.05) is 13.3 Å². The summed E-state index contributed by atoms with van der Waals surface area (Å²) >= 11 is 0. The topological polar surface area (TPSA) is 104 Å². The van der Waals surface area contributed by atoms with Gasteiger partial charge in [0, 0.05) is 37.8 Å². The summed E-state index contributed by atoms with van der Waals surface area (Å²) in [6.45, 7) is 5.74. The van der Waals surface area contributed by atoms with E-state index < -0.39 is 5.56 Å². The van der Waals surface area contributed by atoms with E-state index in [0.717, 1.165) is 36.5 Å². The summed E-state index contributed by atoms with van der Waals surface area (Å²) in [6.07, 6.45) is 6.41. The summed E-state index contributed by atoms with van der Waals surface area (Å²) in [4.78, 5) is 41.9. The fourth-order valence-electron chi connectivity index (χ4n) is 3.07. The number of hydrogen-bond acceptors (Lipinski definition) is 6. The van der Waals surface area contributed by atoms with Crippen LogP contribution >= 0.6 is 0 Å². The Kier molecular flexibility index (Phi) is 5.60. The number of rotatable bonds is 5. The van der Waals surface area contributed by atoms with Gasteiger partial charge >= 0.3 is 0 Å². The van der Waals surface area contributed by atoms with E-state index in [9.17, 15) is 9.59 Å². The Hall–Kier alpha value is -2.77. The number of aryl methyl sites for hydroxylation is 1. The lowest BCUT2D eigenvalue weighted by Crippen LogP contribution is -2.37. The highest BCUT2D eigenvalue weighted by molar-refractivity contribution is 5.93. The quantitative estimate of drug-likeness (QED) is 0.783. The van der Waals surface area contributed by atoms with Gasteiger partial charge in [-0.25, -0.2) is 15.0 Å². The number of carbonyl (C=O) groups excluding carboxylic acids is 1. The zero-order valence-corrected chi connectivity index (χ0v) is 15.2. The van der Waals surface area contributed by atoms with E-state index in [-0.39, 0.29) is 11.5 Å². The second-order valence-corrected chi connectivity index (χ2v) is 6.43. The van der Waals surface area contributed by atoms with Gasteiger partial charge in [0.05, 0.1) is 5.69 Å². The first-order valence-corrected chi connectivity index (χ1v) is 9.02. The summed E-state index contributed by atoms with van der Waals surface area (Å²) < 4.78 is 0. The lowest BCUT2D eigenvalue weighted by molar-refractivity contribution is 0.0760. The summed E-state index contributed by atoms with van der Waals surface area (Å²) in [6, 6.07) is 0. The molecule has 138 valence electrons. The van der Waals surface area contributed by atoms with Crippen LogP contribution < -0.4 is 10.9 Å². The van der Waals surface area contributed by atoms with Crippen molar-refractivity contribution in [2.45, 2.75) is 39.5 Å². The highest BCUT2D eigenvalue weighted by atomic mass is 16.2. The van der Waals surface area contributed by atoms with Crippen LogP contribution in [0.5, 0.6) is 0 Å². The van der Waals surface area contributed by atoms with Crippen LogP contribution in [0, 0.1) is 6.92 Å². The molecule has 8 nitrogen and oxygen atoms in total. The van der Waals surface area contributed by atoms with Crippen LogP contribution in [0.1, 0.15) is 47.2 Å². The monoisotopic (exact) mass is 356 g/mol. The van der Waals surface area contributed by atoms with Crippen LogP contribution in [0.2, 0.25) is 0 Å². The summed E-state index contributed by atoms with van der Waals surface area (Å²) in [7, 11) is 0. The maximum absolute atomic E-state index is 12.7. The van der Waals surface area contributed by atoms with E-state index in [1.807, 2.05) is 0 Å². The van der Waals surface area contributed by atoms with E-state index in [1.165, 1.54) is 6.20 Å². The highest BCUT2D eigenvalue weighted by Crippen LogP contribution is 2.21. The Bertz CT molecular complexity index is 848. The van der Waals surface area contributed by atoms with Gasteiger partial charge in [-0.2, -0.15) is 0 Å². The molecule has 1 aliphatic heterocycles. The molecular formula is C18H24N6O2. The van der Waals surface area contributed by atoms with Crippen LogP contribution in [0.3, 0.4) is 0 Å². The number of fused-ring (bicyclic) bond motifs is 1. The Morgan fingerprint density at radius 2 is 2.08 bits per heavy atom. The predicted molar refractivity (Wildman–Crippen MR) is 98.3 cm³/mol. The zero-order chi connectivity index (χ0) is 18.5. The second kappa shape index (κ2) is 8.07. The molecule has 2 N–H and O–H groups in total. The third kappa shape index (κ3) is 3.89. The summed E-state index contributed by atoms with van der Waals surface area (Å²) in [5.41, 5.74) is 1.71. The number of nitrogens with one attached hydrogen (secondary N) is 2. The summed E-state index contributed by atoms with van der Waals surface area (Å²) in [5.74, 6) is 1.06. The molecule has 26 heavy (non-hydrogen) atoms. The fraction of sp³-hybridized carbons (Fsp3) is 0.500. The Morgan fingerprint density at radius 1 is 1.27 bits per heavy atom. The minimum Gasteiger partial charge on any atom is -0.370 e. The molecular weight excluding hydrogens is 332 g/mol. The molecule has 2 aromatic heterocycles. The highest BCUT2D eigenvalue weighted by Gasteiger charge is 2.24. The van der Waals surface area contributed by atoms with Crippen molar-refractivity contribution in [1.82, 2.24) is 24.8 Å². The lowest BCUT2D eigenvalue weighted by Gasteiger charge is -2.19. The molecule has 2 aromatic rings. The first kappa shape index (κ1) is 18.0. The molecule has 0 saturated heterocycles. The van der Waals surface area contributed by atoms with Crippen LogP contribution in [0.4, 0.5) is 5.82 Å². The van der Waals surface area contributed by atoms with Crippen molar-refractivity contribution >= 4 is 11.7 Å². The molecule has 1 amide bonds. The maximum Gasteiger partial charge on any atom is 0.263 e. The molecule has 0 unspecified atom stereocenters. The number of aromatic amines is 1. The number of nitrogens with zero attached hydrogens (tertiary/aromatic N) is 4. The summed E-state index contributed by atoms with van der Waals surface area (Å²) in [5, 5.41) is 3.37. The molecule has 3 heterocycles. The van der Waals surface area contributed by atoms with Crippen molar-refractivity contribution in [3.8, 4) is 0 Å². The average molecular weight is 356 g/mol. The first-order chi connectivity index (χ1) is 12.6. The molecule has 0 aliphatic carbocycles. The Balaban J connectivity index is 1.76. The third-order valence-electron chi connectivity index (χ3n) is 4.55. The zero-order valence-electron chi connectivity index (χ0n) is 15.2. The first-order valence-electron chi connectivity index (χ1n) is 9.02. The van der Waals surface area contributed by atoms with Gasteiger partial charge in [0.15, 0.2) is 0 Å². The minimum atomic E-state index is -0.397. The molecule has 0 atom stereocenters. The van der Waals surface area contributed by atoms with E-state index in [0.29, 0.717) is 31.8 Å². The van der Waals surface area contributed by atoms with Gasteiger partial charge in [0.1, 0.15) is 23.5 Å². The molecule has 1 aliphatic rings. The van der Waals surface area contributed by atoms with Crippen LogP contribution in [0.15, 0.2) is 17.3 Å². The minimum absolute atomic E-state index is 0.0777. The van der Waals surface area contributed by atoms with Crippen molar-refractivity contribution in [3.05, 3.63) is 45.5 Å². The molecule has 8 heteroatoms. The molecule has 0 spiro atoms. The van der Waals surface area contributed by atoms with Crippen LogP contribution in [-0.4, -0.2) is 50.4 Å². The van der Waals surface area contributed by atoms with E-state index in [4.69, 9.17) is 0 Å². The number of hydrogen-bond donors (Lipinski definition) is 2. The third-order valence-corrected chi connectivity index (χ3v) is 4.55. The number of amides is 1. The smallest absolute Gasteiger partial charge is 0.263 e. The van der Waals surface area contributed by atoms with E-state index in [1.54, 1.807) is 18.2 Å². The number of carbonyl (C=O) groups is 1. The van der Waals surface area contributed by atoms with Gasteiger partial charge in [-0.15, -0.1) is 0 Å². The molecule has 0 bridgehead atoms. The van der Waals surface area contributed by atoms with Crippen LogP contribution in [0.25, 0.3) is 0 Å². The largest absolute Gasteiger partial charge is 0.370 e. The molecule has 0 radical (unpaired) electrons. The van der Waals surface area contributed by atoms with Gasteiger partial charge in [0.25, 0.3) is 11.5 Å².